The lowest BCUT2D eigenvalue weighted by molar-refractivity contribution is -0.131. The smallest absolute Gasteiger partial charge is 0.251 e. The van der Waals surface area contributed by atoms with Crippen LogP contribution in [-0.2, 0) is 11.3 Å². The monoisotopic (exact) mass is 251 g/mol. The molecule has 1 aromatic rings. The number of rotatable bonds is 6. The first-order chi connectivity index (χ1) is 8.58. The molecule has 0 atom stereocenters. The molecule has 0 aromatic carbocycles. The van der Waals surface area contributed by atoms with E-state index in [1.54, 1.807) is 6.08 Å². The van der Waals surface area contributed by atoms with Crippen LogP contribution in [0.15, 0.2) is 35.8 Å². The highest BCUT2D eigenvalue weighted by Gasteiger charge is 2.12. The van der Waals surface area contributed by atoms with Gasteiger partial charge in [-0.15, -0.1) is 6.58 Å². The molecule has 6 heteroatoms. The first kappa shape index (κ1) is 14.0. The number of carbonyl (C=O) groups is 1. The Labute approximate surface area is 105 Å². The number of aromatic nitrogens is 1. The van der Waals surface area contributed by atoms with Gasteiger partial charge in [-0.05, 0) is 6.07 Å². The molecule has 0 saturated heterocycles. The van der Waals surface area contributed by atoms with Gasteiger partial charge in [0, 0.05) is 31.0 Å². The van der Waals surface area contributed by atoms with Crippen molar-refractivity contribution in [2.45, 2.75) is 6.54 Å². The largest absolute Gasteiger partial charge is 0.398 e. The van der Waals surface area contributed by atoms with Crippen LogP contribution in [-0.4, -0.2) is 40.2 Å². The Morgan fingerprint density at radius 2 is 2.28 bits per heavy atom. The van der Waals surface area contributed by atoms with Crippen LogP contribution in [0.5, 0.6) is 0 Å². The molecule has 0 aliphatic heterocycles. The van der Waals surface area contributed by atoms with Crippen molar-refractivity contribution in [3.05, 3.63) is 41.3 Å². The summed E-state index contributed by atoms with van der Waals surface area (Å²) in [4.78, 5) is 24.9. The average Bonchev–Trinajstić information content (AvgIpc) is 2.33. The third-order valence-electron chi connectivity index (χ3n) is 2.38. The van der Waals surface area contributed by atoms with E-state index < -0.39 is 0 Å². The van der Waals surface area contributed by atoms with Crippen LogP contribution < -0.4 is 11.3 Å². The standard InChI is InChI=1S/C12H17N3O3/c1-2-5-14(6-7-16)12(18)9-15-8-10(13)3-4-11(15)17/h2-4,8,16H,1,5-7,9,13H2. The van der Waals surface area contributed by atoms with Gasteiger partial charge in [0.05, 0.1) is 6.61 Å². The summed E-state index contributed by atoms with van der Waals surface area (Å²) in [6.07, 6.45) is 2.99. The summed E-state index contributed by atoms with van der Waals surface area (Å²) >= 11 is 0. The number of anilines is 1. The predicted molar refractivity (Wildman–Crippen MR) is 69.0 cm³/mol. The van der Waals surface area contributed by atoms with Crippen molar-refractivity contribution >= 4 is 11.6 Å². The highest BCUT2D eigenvalue weighted by atomic mass is 16.3. The van der Waals surface area contributed by atoms with E-state index in [0.29, 0.717) is 12.2 Å². The molecule has 0 aliphatic rings. The van der Waals surface area contributed by atoms with Gasteiger partial charge in [0.2, 0.25) is 5.91 Å². The van der Waals surface area contributed by atoms with Crippen LogP contribution in [0.2, 0.25) is 0 Å². The molecule has 3 N–H and O–H groups in total. The number of amides is 1. The summed E-state index contributed by atoms with van der Waals surface area (Å²) in [5, 5.41) is 8.86. The molecule has 0 spiro atoms. The molecule has 6 nitrogen and oxygen atoms in total. The van der Waals surface area contributed by atoms with Gasteiger partial charge in [-0.1, -0.05) is 6.08 Å². The van der Waals surface area contributed by atoms with Crippen molar-refractivity contribution in [3.63, 3.8) is 0 Å². The molecule has 0 fully saturated rings. The fourth-order valence-electron chi connectivity index (χ4n) is 1.51. The van der Waals surface area contributed by atoms with Gasteiger partial charge in [0.25, 0.3) is 5.56 Å². The molecule has 0 saturated carbocycles. The third-order valence-corrected chi connectivity index (χ3v) is 2.38. The van der Waals surface area contributed by atoms with E-state index in [0.717, 1.165) is 0 Å². The van der Waals surface area contributed by atoms with Gasteiger partial charge in [-0.25, -0.2) is 0 Å². The Balaban J connectivity index is 2.81. The zero-order valence-corrected chi connectivity index (χ0v) is 10.1. The number of hydrogen-bond acceptors (Lipinski definition) is 4. The summed E-state index contributed by atoms with van der Waals surface area (Å²) in [5.74, 6) is -0.267. The van der Waals surface area contributed by atoms with E-state index in [2.05, 4.69) is 6.58 Å². The van der Waals surface area contributed by atoms with E-state index in [1.807, 2.05) is 0 Å². The zero-order valence-electron chi connectivity index (χ0n) is 10.1. The van der Waals surface area contributed by atoms with Gasteiger partial charge in [-0.2, -0.15) is 0 Å². The fourth-order valence-corrected chi connectivity index (χ4v) is 1.51. The second-order valence-electron chi connectivity index (χ2n) is 3.78. The normalized spacial score (nSPS) is 10.1. The highest BCUT2D eigenvalue weighted by Crippen LogP contribution is 1.98. The minimum absolute atomic E-state index is 0.0995. The second-order valence-corrected chi connectivity index (χ2v) is 3.78. The number of nitrogen functional groups attached to an aromatic ring is 1. The maximum atomic E-state index is 11.9. The minimum Gasteiger partial charge on any atom is -0.398 e. The summed E-state index contributed by atoms with van der Waals surface area (Å²) < 4.78 is 1.24. The molecule has 98 valence electrons. The van der Waals surface area contributed by atoms with E-state index in [4.69, 9.17) is 10.8 Å². The summed E-state index contributed by atoms with van der Waals surface area (Å²) in [7, 11) is 0. The molecule has 18 heavy (non-hydrogen) atoms. The lowest BCUT2D eigenvalue weighted by Gasteiger charge is -2.20. The summed E-state index contributed by atoms with van der Waals surface area (Å²) in [6, 6.07) is 2.80. The summed E-state index contributed by atoms with van der Waals surface area (Å²) in [6.45, 7) is 3.85. The second kappa shape index (κ2) is 6.61. The number of pyridine rings is 1. The molecule has 0 bridgehead atoms. The Morgan fingerprint density at radius 3 is 2.89 bits per heavy atom. The van der Waals surface area contributed by atoms with Crippen molar-refractivity contribution in [1.29, 1.82) is 0 Å². The summed E-state index contributed by atoms with van der Waals surface area (Å²) in [5.41, 5.74) is 5.68. The Bertz CT molecular complexity index is 482. The van der Waals surface area contributed by atoms with Crippen LogP contribution in [0.1, 0.15) is 0 Å². The van der Waals surface area contributed by atoms with Gasteiger partial charge >= 0.3 is 0 Å². The Morgan fingerprint density at radius 1 is 1.56 bits per heavy atom. The van der Waals surface area contributed by atoms with Gasteiger partial charge in [-0.3, -0.25) is 9.59 Å². The molecular weight excluding hydrogens is 234 g/mol. The lowest BCUT2D eigenvalue weighted by Crippen LogP contribution is -2.38. The number of aliphatic hydroxyl groups is 1. The van der Waals surface area contributed by atoms with E-state index in [-0.39, 0.29) is 31.2 Å². The third kappa shape index (κ3) is 3.74. The van der Waals surface area contributed by atoms with Crippen LogP contribution in [0.4, 0.5) is 5.69 Å². The molecule has 1 aromatic heterocycles. The Hall–Kier alpha value is -2.08. The average molecular weight is 251 g/mol. The molecule has 0 radical (unpaired) electrons. The molecule has 1 amide bonds. The molecule has 0 aliphatic carbocycles. The number of nitrogens with zero attached hydrogens (tertiary/aromatic N) is 2. The number of hydrogen-bond donors (Lipinski definition) is 2. The van der Waals surface area contributed by atoms with Crippen LogP contribution in [0, 0.1) is 0 Å². The number of nitrogens with two attached hydrogens (primary N) is 1. The molecular formula is C12H17N3O3. The highest BCUT2D eigenvalue weighted by molar-refractivity contribution is 5.76. The maximum Gasteiger partial charge on any atom is 0.251 e. The van der Waals surface area contributed by atoms with Gasteiger partial charge < -0.3 is 20.3 Å². The van der Waals surface area contributed by atoms with Crippen molar-refractivity contribution in [2.24, 2.45) is 0 Å². The zero-order chi connectivity index (χ0) is 13.5. The maximum absolute atomic E-state index is 11.9. The van der Waals surface area contributed by atoms with Crippen molar-refractivity contribution in [3.8, 4) is 0 Å². The van der Waals surface area contributed by atoms with Crippen molar-refractivity contribution in [1.82, 2.24) is 9.47 Å². The fraction of sp³-hybridized carbons (Fsp3) is 0.333. The van der Waals surface area contributed by atoms with E-state index >= 15 is 0 Å². The van der Waals surface area contributed by atoms with Crippen LogP contribution in [0.25, 0.3) is 0 Å². The predicted octanol–water partition coefficient (Wildman–Crippen LogP) is -0.563. The number of aliphatic hydroxyl groups excluding tert-OH is 1. The van der Waals surface area contributed by atoms with Gasteiger partial charge in [0.15, 0.2) is 0 Å². The van der Waals surface area contributed by atoms with E-state index in [1.165, 1.54) is 27.8 Å². The first-order valence-corrected chi connectivity index (χ1v) is 5.54. The van der Waals surface area contributed by atoms with Crippen molar-refractivity contribution in [2.75, 3.05) is 25.4 Å². The molecule has 0 unspecified atom stereocenters. The number of carbonyl (C=O) groups excluding carboxylic acids is 1. The quantitative estimate of drug-likeness (QED) is 0.663. The minimum atomic E-state index is -0.292. The van der Waals surface area contributed by atoms with Crippen molar-refractivity contribution < 1.29 is 9.90 Å². The van der Waals surface area contributed by atoms with Crippen LogP contribution >= 0.6 is 0 Å². The van der Waals surface area contributed by atoms with Crippen LogP contribution in [0.3, 0.4) is 0 Å². The topological polar surface area (TPSA) is 88.6 Å². The Kier molecular flexibility index (Phi) is 5.13. The SMILES string of the molecule is C=CCN(CCO)C(=O)Cn1cc(N)ccc1=O. The molecule has 1 rings (SSSR count). The van der Waals surface area contributed by atoms with E-state index in [9.17, 15) is 9.59 Å². The van der Waals surface area contributed by atoms with Gasteiger partial charge in [0.1, 0.15) is 6.54 Å². The first-order valence-electron chi connectivity index (χ1n) is 5.54. The lowest BCUT2D eigenvalue weighted by atomic mass is 10.4. The molecule has 1 heterocycles.